The van der Waals surface area contributed by atoms with Gasteiger partial charge < -0.3 is 0 Å². The van der Waals surface area contributed by atoms with Gasteiger partial charge in [-0.15, -0.1) is 10.5 Å². The third-order valence-corrected chi connectivity index (χ3v) is 5.91. The van der Waals surface area contributed by atoms with Gasteiger partial charge in [0, 0.05) is 9.79 Å². The molecule has 0 aromatic heterocycles. The summed E-state index contributed by atoms with van der Waals surface area (Å²) in [5.74, 6) is 4.00. The van der Waals surface area contributed by atoms with Crippen molar-refractivity contribution in [3.63, 3.8) is 0 Å². The van der Waals surface area contributed by atoms with Crippen LogP contribution in [0.1, 0.15) is 16.7 Å². The minimum atomic E-state index is -0.516. The van der Waals surface area contributed by atoms with Crippen LogP contribution in [-0.4, -0.2) is 5.87 Å². The number of hydrogen-bond acceptors (Lipinski definition) is 0. The maximum atomic E-state index is 14.8. The van der Waals surface area contributed by atoms with E-state index in [-0.39, 0.29) is 5.82 Å². The van der Waals surface area contributed by atoms with E-state index in [4.69, 9.17) is 0 Å². The molecule has 1 unspecified atom stereocenters. The van der Waals surface area contributed by atoms with Gasteiger partial charge in [-0.05, 0) is 61.7 Å². The van der Waals surface area contributed by atoms with Crippen LogP contribution in [0.4, 0.5) is 4.39 Å². The highest BCUT2D eigenvalue weighted by molar-refractivity contribution is 8.14. The molecule has 0 aliphatic rings. The first-order chi connectivity index (χ1) is 11.5. The molecule has 2 heteroatoms. The quantitative estimate of drug-likeness (QED) is 0.477. The van der Waals surface area contributed by atoms with Gasteiger partial charge in [0.15, 0.2) is 0 Å². The molecule has 3 aromatic rings. The first-order valence-corrected chi connectivity index (χ1v) is 9.33. The number of rotatable bonds is 3. The van der Waals surface area contributed by atoms with Gasteiger partial charge in [0.1, 0.15) is 5.82 Å². The molecule has 0 nitrogen and oxygen atoms in total. The molecule has 0 bridgehead atoms. The smallest absolute Gasteiger partial charge is 0.137 e. The van der Waals surface area contributed by atoms with E-state index in [9.17, 15) is 4.39 Å². The lowest BCUT2D eigenvalue weighted by Crippen LogP contribution is -1.89. The Hall–Kier alpha value is -2.19. The predicted octanol–water partition coefficient (Wildman–Crippen LogP) is 6.54. The summed E-state index contributed by atoms with van der Waals surface area (Å²) < 4.78 is 14.8. The molecule has 0 saturated carbocycles. The van der Waals surface area contributed by atoms with E-state index >= 15 is 0 Å². The van der Waals surface area contributed by atoms with Crippen LogP contribution in [0.2, 0.25) is 0 Å². The molecular formula is C22H21FS. The maximum absolute atomic E-state index is 14.8. The highest BCUT2D eigenvalue weighted by Gasteiger charge is 2.10. The molecule has 1 atom stereocenters. The normalized spacial score (nSPS) is 12.2. The van der Waals surface area contributed by atoms with Crippen molar-refractivity contribution in [1.29, 1.82) is 0 Å². The first-order valence-electron chi connectivity index (χ1n) is 7.93. The van der Waals surface area contributed by atoms with Gasteiger partial charge >= 0.3 is 0 Å². The molecule has 0 N–H and O–H groups in total. The van der Waals surface area contributed by atoms with E-state index in [2.05, 4.69) is 37.9 Å². The fraction of sp³-hybridized carbons (Fsp3) is 0.136. The Bertz CT molecular complexity index is 908. The summed E-state index contributed by atoms with van der Waals surface area (Å²) in [7, 11) is -0.516. The Kier molecular flexibility index (Phi) is 4.68. The zero-order valence-electron chi connectivity index (χ0n) is 14.3. The molecule has 0 aliphatic carbocycles. The van der Waals surface area contributed by atoms with Crippen LogP contribution in [-0.2, 0) is 0 Å². The lowest BCUT2D eigenvalue weighted by atomic mass is 9.98. The van der Waals surface area contributed by atoms with Crippen molar-refractivity contribution in [3.8, 4) is 11.1 Å². The van der Waals surface area contributed by atoms with Crippen LogP contribution in [0.5, 0.6) is 0 Å². The molecule has 122 valence electrons. The Morgan fingerprint density at radius 1 is 0.792 bits per heavy atom. The number of benzene rings is 3. The molecule has 0 spiro atoms. The largest absolute Gasteiger partial charge is 0.206 e. The standard InChI is InChI=1S/C22H21FS/c1-15-6-10-19(11-7-15)24(4)22-12-9-18(14-21(22)23)20-13-16(2)5-8-17(20)3/h5-14H,4H2,1-3H3. The molecule has 0 amide bonds. The van der Waals surface area contributed by atoms with Gasteiger partial charge in [-0.25, -0.2) is 4.39 Å². The Morgan fingerprint density at radius 2 is 1.46 bits per heavy atom. The van der Waals surface area contributed by atoms with Crippen molar-refractivity contribution in [1.82, 2.24) is 0 Å². The van der Waals surface area contributed by atoms with Crippen molar-refractivity contribution < 1.29 is 4.39 Å². The summed E-state index contributed by atoms with van der Waals surface area (Å²) in [5.41, 5.74) is 5.52. The highest BCUT2D eigenvalue weighted by Crippen LogP contribution is 2.37. The third-order valence-electron chi connectivity index (χ3n) is 4.21. The van der Waals surface area contributed by atoms with Gasteiger partial charge in [0.2, 0.25) is 0 Å². The van der Waals surface area contributed by atoms with Crippen LogP contribution in [0.3, 0.4) is 0 Å². The second-order valence-corrected chi connectivity index (χ2v) is 7.86. The van der Waals surface area contributed by atoms with Gasteiger partial charge in [-0.1, -0.05) is 53.4 Å². The molecule has 24 heavy (non-hydrogen) atoms. The summed E-state index contributed by atoms with van der Waals surface area (Å²) in [6.45, 7) is 6.15. The lowest BCUT2D eigenvalue weighted by Gasteiger charge is -2.12. The van der Waals surface area contributed by atoms with Gasteiger partial charge in [-0.3, -0.25) is 0 Å². The first kappa shape index (κ1) is 16.7. The molecular weight excluding hydrogens is 315 g/mol. The lowest BCUT2D eigenvalue weighted by molar-refractivity contribution is 0.602. The summed E-state index contributed by atoms with van der Waals surface area (Å²) in [6, 6.07) is 19.9. The molecule has 0 radical (unpaired) electrons. The SMILES string of the molecule is C=S(c1ccc(C)cc1)c1ccc(-c2cc(C)ccc2C)cc1F. The second kappa shape index (κ2) is 6.74. The third kappa shape index (κ3) is 3.34. The zero-order chi connectivity index (χ0) is 17.3. The number of halogens is 1. The minimum absolute atomic E-state index is 0.188. The van der Waals surface area contributed by atoms with E-state index in [1.54, 1.807) is 6.07 Å². The molecule has 0 fully saturated rings. The monoisotopic (exact) mass is 336 g/mol. The zero-order valence-corrected chi connectivity index (χ0v) is 15.1. The van der Waals surface area contributed by atoms with Crippen molar-refractivity contribution in [2.24, 2.45) is 0 Å². The maximum Gasteiger partial charge on any atom is 0.137 e. The van der Waals surface area contributed by atoms with Gasteiger partial charge in [0.05, 0.1) is 0 Å². The van der Waals surface area contributed by atoms with Crippen LogP contribution < -0.4 is 0 Å². The summed E-state index contributed by atoms with van der Waals surface area (Å²) in [4.78, 5) is 1.71. The van der Waals surface area contributed by atoms with Crippen LogP contribution in [0.25, 0.3) is 11.1 Å². The minimum Gasteiger partial charge on any atom is -0.206 e. The molecule has 3 aromatic carbocycles. The topological polar surface area (TPSA) is 0 Å². The second-order valence-electron chi connectivity index (χ2n) is 6.17. The van der Waals surface area contributed by atoms with Crippen molar-refractivity contribution >= 4 is 16.4 Å². The predicted molar refractivity (Wildman–Crippen MR) is 104 cm³/mol. The molecule has 0 aliphatic heterocycles. The fourth-order valence-corrected chi connectivity index (χ4v) is 3.99. The molecule has 0 heterocycles. The summed E-state index contributed by atoms with van der Waals surface area (Å²) in [5, 5.41) is 0. The van der Waals surface area contributed by atoms with Crippen molar-refractivity contribution in [2.45, 2.75) is 30.6 Å². The summed E-state index contributed by atoms with van der Waals surface area (Å²) >= 11 is 0. The Balaban J connectivity index is 1.99. The average Bonchev–Trinajstić information content (AvgIpc) is 2.57. The van der Waals surface area contributed by atoms with Crippen molar-refractivity contribution in [3.05, 3.63) is 83.2 Å². The van der Waals surface area contributed by atoms with E-state index in [1.807, 2.05) is 43.3 Å². The van der Waals surface area contributed by atoms with E-state index in [1.165, 1.54) is 11.1 Å². The summed E-state index contributed by atoms with van der Waals surface area (Å²) in [6.07, 6.45) is 0. The van der Waals surface area contributed by atoms with Crippen LogP contribution >= 0.6 is 10.5 Å². The fourth-order valence-electron chi connectivity index (χ4n) is 2.74. The Morgan fingerprint density at radius 3 is 2.12 bits per heavy atom. The van der Waals surface area contributed by atoms with Gasteiger partial charge in [0.25, 0.3) is 0 Å². The molecule has 0 saturated heterocycles. The van der Waals surface area contributed by atoms with E-state index in [0.717, 1.165) is 21.6 Å². The van der Waals surface area contributed by atoms with Crippen LogP contribution in [0, 0.1) is 26.6 Å². The molecule has 3 rings (SSSR count). The van der Waals surface area contributed by atoms with E-state index in [0.29, 0.717) is 4.90 Å². The Labute approximate surface area is 145 Å². The average molecular weight is 336 g/mol. The van der Waals surface area contributed by atoms with E-state index < -0.39 is 10.5 Å². The van der Waals surface area contributed by atoms with Crippen molar-refractivity contribution in [2.75, 3.05) is 0 Å². The highest BCUT2D eigenvalue weighted by atomic mass is 32.2. The number of aryl methyl sites for hydroxylation is 3. The number of hydrogen-bond donors (Lipinski definition) is 0. The van der Waals surface area contributed by atoms with Crippen LogP contribution in [0.15, 0.2) is 70.5 Å². The van der Waals surface area contributed by atoms with Gasteiger partial charge in [-0.2, -0.15) is 0 Å².